The Labute approximate surface area is 214 Å². The minimum Gasteiger partial charge on any atom is -0.494 e. The van der Waals surface area contributed by atoms with Gasteiger partial charge in [0.05, 0.1) is 18.4 Å². The van der Waals surface area contributed by atoms with Crippen molar-refractivity contribution in [2.24, 2.45) is 5.73 Å². The third-order valence-corrected chi connectivity index (χ3v) is 7.52. The Bertz CT molecular complexity index is 1080. The molecule has 2 heterocycles. The van der Waals surface area contributed by atoms with E-state index in [0.29, 0.717) is 31.1 Å². The maximum absolute atomic E-state index is 14.0. The fraction of sp³-hybridized carbons (Fsp3) is 0.520. The maximum atomic E-state index is 14.0. The molecule has 2 aliphatic rings. The lowest BCUT2D eigenvalue weighted by atomic mass is 10.00. The van der Waals surface area contributed by atoms with Crippen LogP contribution in [-0.2, 0) is 9.53 Å². The molecule has 0 unspecified atom stereocenters. The van der Waals surface area contributed by atoms with Gasteiger partial charge in [0.25, 0.3) is 11.8 Å². The molecule has 1 saturated heterocycles. The summed E-state index contributed by atoms with van der Waals surface area (Å²) in [6.45, 7) is 3.47. The summed E-state index contributed by atoms with van der Waals surface area (Å²) in [4.78, 5) is 41.1. The molecule has 1 aromatic carbocycles. The lowest BCUT2D eigenvalue weighted by Crippen LogP contribution is -2.49. The Morgan fingerprint density at radius 1 is 1.19 bits per heavy atom. The van der Waals surface area contributed by atoms with Crippen molar-refractivity contribution in [1.82, 2.24) is 14.6 Å². The van der Waals surface area contributed by atoms with E-state index in [1.54, 1.807) is 29.2 Å². The van der Waals surface area contributed by atoms with Crippen molar-refractivity contribution in [2.45, 2.75) is 63.6 Å². The summed E-state index contributed by atoms with van der Waals surface area (Å²) >= 11 is 0.828. The van der Waals surface area contributed by atoms with Gasteiger partial charge in [-0.2, -0.15) is 4.37 Å². The monoisotopic (exact) mass is 515 g/mol. The molecule has 0 bridgehead atoms. The molecule has 2 atom stereocenters. The molecule has 0 radical (unpaired) electrons. The first kappa shape index (κ1) is 25.9. The Morgan fingerprint density at radius 3 is 2.50 bits per heavy atom. The van der Waals surface area contributed by atoms with E-state index >= 15 is 0 Å². The zero-order valence-electron chi connectivity index (χ0n) is 20.4. The number of amides is 3. The first-order valence-electron chi connectivity index (χ1n) is 12.4. The van der Waals surface area contributed by atoms with Gasteiger partial charge >= 0.3 is 0 Å². The van der Waals surface area contributed by atoms with Crippen LogP contribution in [0.1, 0.15) is 77.2 Å². The van der Waals surface area contributed by atoms with Crippen LogP contribution in [0.2, 0.25) is 0 Å². The van der Waals surface area contributed by atoms with E-state index in [0.717, 1.165) is 50.1 Å². The van der Waals surface area contributed by atoms with Crippen LogP contribution in [0.5, 0.6) is 5.75 Å². The molecule has 1 aromatic heterocycles. The highest BCUT2D eigenvalue weighted by molar-refractivity contribution is 7.09. The smallest absolute Gasteiger partial charge is 0.270 e. The van der Waals surface area contributed by atoms with Crippen molar-refractivity contribution in [1.29, 1.82) is 0 Å². The molecule has 1 aliphatic carbocycles. The van der Waals surface area contributed by atoms with Crippen molar-refractivity contribution in [3.05, 3.63) is 40.4 Å². The second kappa shape index (κ2) is 11.7. The van der Waals surface area contributed by atoms with Crippen LogP contribution in [-0.4, -0.2) is 58.9 Å². The van der Waals surface area contributed by atoms with Crippen molar-refractivity contribution >= 4 is 34.9 Å². The average Bonchev–Trinajstić information content (AvgIpc) is 3.64. The van der Waals surface area contributed by atoms with Gasteiger partial charge in [0.2, 0.25) is 5.91 Å². The van der Waals surface area contributed by atoms with Crippen LogP contribution in [0.3, 0.4) is 0 Å². The van der Waals surface area contributed by atoms with Gasteiger partial charge in [0, 0.05) is 19.2 Å². The van der Waals surface area contributed by atoms with Crippen molar-refractivity contribution in [3.63, 3.8) is 0 Å². The van der Waals surface area contributed by atoms with E-state index in [-0.39, 0.29) is 34.3 Å². The third kappa shape index (κ3) is 5.62. The summed E-state index contributed by atoms with van der Waals surface area (Å²) < 4.78 is 15.2. The number of aromatic nitrogens is 1. The van der Waals surface area contributed by atoms with E-state index in [1.165, 1.54) is 0 Å². The summed E-state index contributed by atoms with van der Waals surface area (Å²) in [6, 6.07) is 6.13. The SMILES string of the molecule is CCOc1ccc([C@H](C(=O)NC[C@H]2CCCO2)N(C(=O)c2snc(C(N)=O)c2N)C2CCCC2)cc1. The summed E-state index contributed by atoms with van der Waals surface area (Å²) in [5, 5.41) is 3.00. The van der Waals surface area contributed by atoms with E-state index in [1.807, 2.05) is 6.92 Å². The number of carbonyl (C=O) groups is 3. The number of nitrogens with two attached hydrogens (primary N) is 2. The van der Waals surface area contributed by atoms with Gasteiger partial charge in [-0.25, -0.2) is 0 Å². The van der Waals surface area contributed by atoms with Crippen LogP contribution in [0.25, 0.3) is 0 Å². The number of hydrogen-bond acceptors (Lipinski definition) is 8. The van der Waals surface area contributed by atoms with Gasteiger partial charge in [-0.15, -0.1) is 0 Å². The van der Waals surface area contributed by atoms with E-state index in [2.05, 4.69) is 9.69 Å². The molecule has 3 amide bonds. The summed E-state index contributed by atoms with van der Waals surface area (Å²) in [5.41, 5.74) is 12.0. The molecule has 194 valence electrons. The number of benzene rings is 1. The van der Waals surface area contributed by atoms with Gasteiger partial charge in [0.15, 0.2) is 5.69 Å². The number of nitrogens with one attached hydrogen (secondary N) is 1. The first-order chi connectivity index (χ1) is 17.4. The van der Waals surface area contributed by atoms with Crippen LogP contribution < -0.4 is 21.5 Å². The van der Waals surface area contributed by atoms with Gasteiger partial charge in [-0.05, 0) is 61.8 Å². The molecule has 4 rings (SSSR count). The lowest BCUT2D eigenvalue weighted by molar-refractivity contribution is -0.127. The molecule has 2 aromatic rings. The molecule has 11 heteroatoms. The number of anilines is 1. The molecule has 10 nitrogen and oxygen atoms in total. The second-order valence-electron chi connectivity index (χ2n) is 9.07. The number of nitrogens with zero attached hydrogens (tertiary/aromatic N) is 2. The molecular weight excluding hydrogens is 482 g/mol. The Kier molecular flexibility index (Phi) is 8.42. The fourth-order valence-corrected chi connectivity index (χ4v) is 5.64. The third-order valence-electron chi connectivity index (χ3n) is 6.67. The summed E-state index contributed by atoms with van der Waals surface area (Å²) in [6.07, 6.45) is 5.23. The van der Waals surface area contributed by atoms with E-state index < -0.39 is 17.9 Å². The van der Waals surface area contributed by atoms with E-state index in [9.17, 15) is 14.4 Å². The van der Waals surface area contributed by atoms with Crippen LogP contribution >= 0.6 is 11.5 Å². The van der Waals surface area contributed by atoms with Gasteiger partial charge < -0.3 is 31.2 Å². The Balaban J connectivity index is 1.71. The minimum absolute atomic E-state index is 0.0409. The van der Waals surface area contributed by atoms with E-state index in [4.69, 9.17) is 20.9 Å². The highest BCUT2D eigenvalue weighted by Gasteiger charge is 2.40. The minimum atomic E-state index is -0.906. The molecular formula is C25H33N5O5S. The predicted molar refractivity (Wildman–Crippen MR) is 136 cm³/mol. The quantitative estimate of drug-likeness (QED) is 0.440. The van der Waals surface area contributed by atoms with Gasteiger partial charge in [0.1, 0.15) is 16.7 Å². The molecule has 2 fully saturated rings. The highest BCUT2D eigenvalue weighted by Crippen LogP contribution is 2.36. The predicted octanol–water partition coefficient (Wildman–Crippen LogP) is 2.64. The average molecular weight is 516 g/mol. The van der Waals surface area contributed by atoms with Crippen molar-refractivity contribution in [2.75, 3.05) is 25.5 Å². The summed E-state index contributed by atoms with van der Waals surface area (Å²) in [5.74, 6) is -0.854. The zero-order valence-corrected chi connectivity index (χ0v) is 21.2. The maximum Gasteiger partial charge on any atom is 0.270 e. The highest BCUT2D eigenvalue weighted by atomic mass is 32.1. The Hall–Kier alpha value is -3.18. The van der Waals surface area contributed by atoms with Crippen LogP contribution in [0.15, 0.2) is 24.3 Å². The van der Waals surface area contributed by atoms with Gasteiger partial charge in [-0.3, -0.25) is 14.4 Å². The van der Waals surface area contributed by atoms with Crippen molar-refractivity contribution < 1.29 is 23.9 Å². The number of ether oxygens (including phenoxy) is 2. The first-order valence-corrected chi connectivity index (χ1v) is 13.2. The largest absolute Gasteiger partial charge is 0.494 e. The normalized spacial score (nSPS) is 18.6. The Morgan fingerprint density at radius 2 is 1.92 bits per heavy atom. The summed E-state index contributed by atoms with van der Waals surface area (Å²) in [7, 11) is 0. The molecule has 0 spiro atoms. The number of primary amides is 1. The van der Waals surface area contributed by atoms with Crippen LogP contribution in [0, 0.1) is 0 Å². The van der Waals surface area contributed by atoms with Gasteiger partial charge in [-0.1, -0.05) is 25.0 Å². The topological polar surface area (TPSA) is 150 Å². The van der Waals surface area contributed by atoms with Crippen molar-refractivity contribution in [3.8, 4) is 5.75 Å². The molecule has 5 N–H and O–H groups in total. The number of carbonyl (C=O) groups excluding carboxylic acids is 3. The van der Waals surface area contributed by atoms with Crippen LogP contribution in [0.4, 0.5) is 5.69 Å². The number of nitrogen functional groups attached to an aromatic ring is 1. The second-order valence-corrected chi connectivity index (χ2v) is 9.85. The molecule has 1 aliphatic heterocycles. The molecule has 36 heavy (non-hydrogen) atoms. The zero-order chi connectivity index (χ0) is 25.7. The standard InChI is InChI=1S/C25H33N5O5S/c1-2-34-17-11-9-15(10-12-17)21(24(32)28-14-18-8-5-13-35-18)30(16-6-3-4-7-16)25(33)22-19(26)20(23(27)31)29-36-22/h9-12,16,18,21H,2-8,13-14,26H2,1H3,(H2,27,31)(H,28,32)/t18-,21-/m1/s1. The fourth-order valence-electron chi connectivity index (χ4n) is 4.89. The lowest BCUT2D eigenvalue weighted by Gasteiger charge is -2.36. The molecule has 1 saturated carbocycles. The number of rotatable bonds is 10. The number of hydrogen-bond donors (Lipinski definition) is 3.